The van der Waals surface area contributed by atoms with Crippen LogP contribution in [0.4, 0.5) is 13.2 Å². The molecule has 0 bridgehead atoms. The Morgan fingerprint density at radius 1 is 1.19 bits per heavy atom. The fourth-order valence-corrected chi connectivity index (χ4v) is 5.52. The molecule has 1 unspecified atom stereocenters. The van der Waals surface area contributed by atoms with E-state index in [-0.39, 0.29) is 18.3 Å². The summed E-state index contributed by atoms with van der Waals surface area (Å²) in [6.45, 7) is 2.00. The minimum atomic E-state index is -4.15. The van der Waals surface area contributed by atoms with Gasteiger partial charge >= 0.3 is 5.51 Å². The topological polar surface area (TPSA) is 0 Å². The first-order valence-electron chi connectivity index (χ1n) is 7.17. The Morgan fingerprint density at radius 3 is 2.43 bits per heavy atom. The number of halogens is 4. The van der Waals surface area contributed by atoms with Gasteiger partial charge in [0.25, 0.3) is 0 Å². The summed E-state index contributed by atoms with van der Waals surface area (Å²) in [5.74, 6) is 0.136. The van der Waals surface area contributed by atoms with E-state index in [4.69, 9.17) is 0 Å². The predicted molar refractivity (Wildman–Crippen MR) is 78.3 cm³/mol. The number of aryl methyl sites for hydroxylation is 1. The lowest BCUT2D eigenvalue weighted by Crippen LogP contribution is -3.00. The molecule has 0 N–H and O–H groups in total. The van der Waals surface area contributed by atoms with Gasteiger partial charge in [0.1, 0.15) is 0 Å². The highest BCUT2D eigenvalue weighted by Gasteiger charge is 2.49. The van der Waals surface area contributed by atoms with E-state index >= 15 is 0 Å². The first-order chi connectivity index (χ1) is 9.52. The van der Waals surface area contributed by atoms with Gasteiger partial charge in [-0.05, 0) is 30.9 Å². The lowest BCUT2D eigenvalue weighted by atomic mass is 10.0. The number of hydrogen-bond donors (Lipinski definition) is 0. The molecule has 2 aromatic rings. The van der Waals surface area contributed by atoms with Crippen LogP contribution in [0.5, 0.6) is 0 Å². The quantitative estimate of drug-likeness (QED) is 0.739. The highest BCUT2D eigenvalue weighted by Crippen LogP contribution is 2.55. The second-order valence-electron chi connectivity index (χ2n) is 5.46. The van der Waals surface area contributed by atoms with Gasteiger partial charge in [0.2, 0.25) is 0 Å². The third-order valence-electron chi connectivity index (χ3n) is 4.27. The zero-order valence-corrected chi connectivity index (χ0v) is 13.4. The zero-order valence-electron chi connectivity index (χ0n) is 11.8. The van der Waals surface area contributed by atoms with E-state index in [1.165, 1.54) is 0 Å². The molecule has 0 radical (unpaired) electrons. The van der Waals surface area contributed by atoms with Crippen LogP contribution in [0.3, 0.4) is 0 Å². The number of alkyl halides is 3. The molecule has 3 rings (SSSR count). The predicted octanol–water partition coefficient (Wildman–Crippen LogP) is 3.29. The van der Waals surface area contributed by atoms with Gasteiger partial charge in [0.15, 0.2) is 9.58 Å². The van der Waals surface area contributed by atoms with E-state index in [0.717, 1.165) is 43.1 Å². The lowest BCUT2D eigenvalue weighted by molar-refractivity contribution is -0.0868. The molecule has 1 atom stereocenters. The zero-order chi connectivity index (χ0) is 14.3. The Hall–Kier alpha value is -0.740. The Balaban J connectivity index is 0.00000161. The Morgan fingerprint density at radius 2 is 1.86 bits per heavy atom. The van der Waals surface area contributed by atoms with Crippen molar-refractivity contribution in [3.8, 4) is 0 Å². The molecule has 1 aliphatic rings. The number of thiophene rings is 1. The third-order valence-corrected chi connectivity index (χ3v) is 6.45. The third kappa shape index (κ3) is 2.93. The van der Waals surface area contributed by atoms with Gasteiger partial charge in [-0.1, -0.05) is 31.9 Å². The van der Waals surface area contributed by atoms with Crippen molar-refractivity contribution >= 4 is 20.6 Å². The van der Waals surface area contributed by atoms with Gasteiger partial charge in [-0.2, -0.15) is 0 Å². The maximum Gasteiger partial charge on any atom is 0.600 e. The summed E-state index contributed by atoms with van der Waals surface area (Å²) < 4.78 is 41.1. The van der Waals surface area contributed by atoms with E-state index in [0.29, 0.717) is 9.58 Å². The molecule has 1 aromatic carbocycles. The van der Waals surface area contributed by atoms with Crippen LogP contribution in [0.2, 0.25) is 0 Å². The molecule has 5 heteroatoms. The number of hydrogen-bond acceptors (Lipinski definition) is 0. The van der Waals surface area contributed by atoms with Crippen LogP contribution in [-0.4, -0.2) is 0 Å². The van der Waals surface area contributed by atoms with Crippen molar-refractivity contribution in [2.45, 2.75) is 50.5 Å². The van der Waals surface area contributed by atoms with Gasteiger partial charge in [0, 0.05) is 17.4 Å². The summed E-state index contributed by atoms with van der Waals surface area (Å²) >= 11 is 0. The van der Waals surface area contributed by atoms with Gasteiger partial charge in [0.05, 0.1) is 10.5 Å². The van der Waals surface area contributed by atoms with Crippen molar-refractivity contribution in [3.63, 3.8) is 0 Å². The van der Waals surface area contributed by atoms with Crippen molar-refractivity contribution < 1.29 is 25.6 Å². The van der Waals surface area contributed by atoms with Crippen LogP contribution in [0, 0.1) is 0 Å². The molecule has 1 aliphatic carbocycles. The van der Waals surface area contributed by atoms with E-state index in [9.17, 15) is 13.2 Å². The van der Waals surface area contributed by atoms with Gasteiger partial charge in [-0.25, -0.2) is 0 Å². The first kappa shape index (κ1) is 16.6. The SMILES string of the molecule is CCc1cccc2c1cc(C1CCCC1)[s+]2C(F)(F)F.[Cl-]. The number of benzene rings is 1. The maximum atomic E-state index is 13.6. The van der Waals surface area contributed by atoms with Crippen LogP contribution >= 0.6 is 10.5 Å². The summed E-state index contributed by atoms with van der Waals surface area (Å²) in [5, 5.41) is 0.845. The molecule has 0 spiro atoms. The smallest absolute Gasteiger partial charge is 0.600 e. The second-order valence-corrected chi connectivity index (χ2v) is 7.45. The van der Waals surface area contributed by atoms with Crippen molar-refractivity contribution in [3.05, 3.63) is 34.7 Å². The van der Waals surface area contributed by atoms with Crippen LogP contribution in [0.25, 0.3) is 10.1 Å². The van der Waals surface area contributed by atoms with E-state index in [2.05, 4.69) is 0 Å². The van der Waals surface area contributed by atoms with Crippen molar-refractivity contribution in [1.82, 2.24) is 0 Å². The molecular formula is C16H18ClF3S. The van der Waals surface area contributed by atoms with Crippen LogP contribution in [-0.2, 0) is 11.9 Å². The highest BCUT2D eigenvalue weighted by atomic mass is 35.5. The molecule has 21 heavy (non-hydrogen) atoms. The Bertz CT molecular complexity index is 624. The normalized spacial score (nSPS) is 17.2. The summed E-state index contributed by atoms with van der Waals surface area (Å²) in [7, 11) is -1.70. The minimum absolute atomic E-state index is 0. The molecule has 1 heterocycles. The molecule has 0 saturated heterocycles. The van der Waals surface area contributed by atoms with Crippen molar-refractivity contribution in [1.29, 1.82) is 0 Å². The monoisotopic (exact) mass is 334 g/mol. The lowest BCUT2D eigenvalue weighted by Gasteiger charge is -2.05. The standard InChI is InChI=1S/C16H18F3S.ClH/c1-2-11-8-5-9-14-13(11)10-15(12-6-3-4-7-12)20(14)16(17,18)19;/h5,8-10,12H,2-4,6-7H2,1H3;1H/q+1;/p-1. The van der Waals surface area contributed by atoms with Gasteiger partial charge in [-0.15, -0.1) is 13.2 Å². The van der Waals surface area contributed by atoms with Crippen molar-refractivity contribution in [2.75, 3.05) is 0 Å². The summed E-state index contributed by atoms with van der Waals surface area (Å²) in [6, 6.07) is 7.25. The van der Waals surface area contributed by atoms with E-state index in [1.807, 2.05) is 19.1 Å². The highest BCUT2D eigenvalue weighted by molar-refractivity contribution is 7.38. The Kier molecular flexibility index (Phi) is 4.89. The van der Waals surface area contributed by atoms with Gasteiger partial charge in [-0.3, -0.25) is 0 Å². The van der Waals surface area contributed by atoms with Gasteiger partial charge < -0.3 is 12.4 Å². The number of fused-ring (bicyclic) bond motifs is 1. The summed E-state index contributed by atoms with van der Waals surface area (Å²) in [4.78, 5) is 0.644. The van der Waals surface area contributed by atoms with Crippen LogP contribution in [0.15, 0.2) is 24.3 Å². The molecular weight excluding hydrogens is 317 g/mol. The fraction of sp³-hybridized carbons (Fsp3) is 0.500. The molecule has 1 fully saturated rings. The van der Waals surface area contributed by atoms with Crippen LogP contribution in [0.1, 0.15) is 49.0 Å². The molecule has 0 aliphatic heterocycles. The average molecular weight is 335 g/mol. The molecule has 1 aromatic heterocycles. The van der Waals surface area contributed by atoms with E-state index in [1.54, 1.807) is 12.1 Å². The first-order valence-corrected chi connectivity index (χ1v) is 8.39. The molecule has 116 valence electrons. The maximum absolute atomic E-state index is 13.6. The van der Waals surface area contributed by atoms with E-state index < -0.39 is 16.0 Å². The molecule has 0 amide bonds. The Labute approximate surface area is 131 Å². The molecule has 1 saturated carbocycles. The summed E-state index contributed by atoms with van der Waals surface area (Å²) in [6.07, 6.45) is 4.75. The summed E-state index contributed by atoms with van der Waals surface area (Å²) in [5.41, 5.74) is -3.11. The number of rotatable bonds is 2. The van der Waals surface area contributed by atoms with Crippen molar-refractivity contribution in [2.24, 2.45) is 0 Å². The largest absolute Gasteiger partial charge is 1.00 e. The minimum Gasteiger partial charge on any atom is -1.00 e. The van der Waals surface area contributed by atoms with Crippen LogP contribution < -0.4 is 12.4 Å². The molecule has 0 nitrogen and oxygen atoms in total. The average Bonchev–Trinajstić information content (AvgIpc) is 3.03. The fourth-order valence-electron chi connectivity index (χ4n) is 3.32. The second kappa shape index (κ2) is 6.17.